The Balaban J connectivity index is 1.58. The number of piperazine rings is 1. The Kier molecular flexibility index (Phi) is 5.18. The van der Waals surface area contributed by atoms with Crippen LogP contribution >= 0.6 is 0 Å². The molecule has 22 heavy (non-hydrogen) atoms. The van der Waals surface area contributed by atoms with Gasteiger partial charge in [-0.05, 0) is 19.0 Å². The molecule has 5 heteroatoms. The Morgan fingerprint density at radius 3 is 2.59 bits per heavy atom. The van der Waals surface area contributed by atoms with Crippen molar-refractivity contribution in [2.45, 2.75) is 19.0 Å². The highest BCUT2D eigenvalue weighted by molar-refractivity contribution is 5.46. The minimum atomic E-state index is 0.744. The van der Waals surface area contributed by atoms with Crippen molar-refractivity contribution in [1.82, 2.24) is 15.1 Å². The number of rotatable bonds is 5. The van der Waals surface area contributed by atoms with E-state index in [1.807, 2.05) is 12.1 Å². The fraction of sp³-hybridized carbons (Fsp3) is 0.647. The van der Waals surface area contributed by atoms with E-state index < -0.39 is 0 Å². The maximum absolute atomic E-state index is 5.54. The summed E-state index contributed by atoms with van der Waals surface area (Å²) in [5.41, 5.74) is 1.21. The van der Waals surface area contributed by atoms with Crippen LogP contribution in [-0.4, -0.2) is 69.3 Å². The van der Waals surface area contributed by atoms with Crippen molar-refractivity contribution in [3.63, 3.8) is 0 Å². The van der Waals surface area contributed by atoms with Crippen molar-refractivity contribution in [3.05, 3.63) is 23.8 Å². The van der Waals surface area contributed by atoms with Gasteiger partial charge in [0.2, 0.25) is 0 Å². The fourth-order valence-corrected chi connectivity index (χ4v) is 3.56. The summed E-state index contributed by atoms with van der Waals surface area (Å²) in [6.07, 6.45) is 1.30. The van der Waals surface area contributed by atoms with Crippen molar-refractivity contribution in [2.75, 3.05) is 53.5 Å². The summed E-state index contributed by atoms with van der Waals surface area (Å²) < 4.78 is 10.9. The zero-order valence-electron chi connectivity index (χ0n) is 13.7. The average Bonchev–Trinajstić information content (AvgIpc) is 3.09. The third-order valence-corrected chi connectivity index (χ3v) is 4.84. The van der Waals surface area contributed by atoms with Crippen molar-refractivity contribution < 1.29 is 9.47 Å². The van der Waals surface area contributed by atoms with Gasteiger partial charge in [-0.25, -0.2) is 0 Å². The molecule has 0 radical (unpaired) electrons. The van der Waals surface area contributed by atoms with Crippen molar-refractivity contribution in [1.29, 1.82) is 0 Å². The number of nitrogens with zero attached hydrogens (tertiary/aromatic N) is 2. The highest BCUT2D eigenvalue weighted by atomic mass is 16.5. The molecule has 1 N–H and O–H groups in total. The number of nitrogens with one attached hydrogen (secondary N) is 1. The van der Waals surface area contributed by atoms with E-state index in [-0.39, 0.29) is 0 Å². The van der Waals surface area contributed by atoms with Gasteiger partial charge in [0.1, 0.15) is 0 Å². The Hall–Kier alpha value is -1.30. The van der Waals surface area contributed by atoms with Gasteiger partial charge in [-0.2, -0.15) is 0 Å². The number of ether oxygens (including phenoxy) is 2. The van der Waals surface area contributed by atoms with E-state index in [0.29, 0.717) is 0 Å². The predicted molar refractivity (Wildman–Crippen MR) is 87.7 cm³/mol. The number of para-hydroxylation sites is 1. The van der Waals surface area contributed by atoms with Gasteiger partial charge in [-0.3, -0.25) is 9.80 Å². The molecule has 122 valence electrons. The predicted octanol–water partition coefficient (Wildman–Crippen LogP) is 1.18. The van der Waals surface area contributed by atoms with Gasteiger partial charge >= 0.3 is 0 Å². The lowest BCUT2D eigenvalue weighted by molar-refractivity contribution is 0.0975. The molecular weight excluding hydrogens is 278 g/mol. The van der Waals surface area contributed by atoms with Crippen LogP contribution in [0.2, 0.25) is 0 Å². The molecule has 0 aromatic heterocycles. The fourth-order valence-electron chi connectivity index (χ4n) is 3.56. The first-order valence-corrected chi connectivity index (χ1v) is 8.19. The maximum atomic E-state index is 5.54. The summed E-state index contributed by atoms with van der Waals surface area (Å²) in [6, 6.07) is 6.87. The summed E-state index contributed by atoms with van der Waals surface area (Å²) in [7, 11) is 3.41. The van der Waals surface area contributed by atoms with Crippen molar-refractivity contribution in [2.24, 2.45) is 0 Å². The van der Waals surface area contributed by atoms with Crippen LogP contribution in [0.25, 0.3) is 0 Å². The molecule has 2 heterocycles. The number of hydrogen-bond donors (Lipinski definition) is 1. The van der Waals surface area contributed by atoms with Gasteiger partial charge in [0.25, 0.3) is 0 Å². The molecule has 1 aromatic carbocycles. The molecule has 2 saturated heterocycles. The van der Waals surface area contributed by atoms with E-state index in [4.69, 9.17) is 9.47 Å². The lowest BCUT2D eigenvalue weighted by Gasteiger charge is -2.38. The largest absolute Gasteiger partial charge is 0.493 e. The molecule has 3 rings (SSSR count). The minimum absolute atomic E-state index is 0.744. The Morgan fingerprint density at radius 1 is 1.14 bits per heavy atom. The molecule has 2 fully saturated rings. The Morgan fingerprint density at radius 2 is 1.95 bits per heavy atom. The Bertz CT molecular complexity index is 481. The van der Waals surface area contributed by atoms with Gasteiger partial charge in [0.05, 0.1) is 14.2 Å². The van der Waals surface area contributed by atoms with Crippen LogP contribution in [0.1, 0.15) is 12.0 Å². The van der Waals surface area contributed by atoms with Crippen LogP contribution < -0.4 is 14.8 Å². The second kappa shape index (κ2) is 7.31. The molecule has 1 aromatic rings. The third kappa shape index (κ3) is 3.37. The second-order valence-corrected chi connectivity index (χ2v) is 6.11. The highest BCUT2D eigenvalue weighted by Gasteiger charge is 2.26. The summed E-state index contributed by atoms with van der Waals surface area (Å²) in [4.78, 5) is 5.15. The minimum Gasteiger partial charge on any atom is -0.493 e. The molecule has 0 spiro atoms. The zero-order chi connectivity index (χ0) is 15.4. The lowest BCUT2D eigenvalue weighted by Crippen LogP contribution is -2.50. The topological polar surface area (TPSA) is 37.0 Å². The van der Waals surface area contributed by atoms with Gasteiger partial charge in [-0.15, -0.1) is 0 Å². The summed E-state index contributed by atoms with van der Waals surface area (Å²) >= 11 is 0. The van der Waals surface area contributed by atoms with Gasteiger partial charge in [0, 0.05) is 50.9 Å². The first-order valence-electron chi connectivity index (χ1n) is 8.19. The second-order valence-electron chi connectivity index (χ2n) is 6.11. The first-order chi connectivity index (χ1) is 10.8. The molecule has 0 amide bonds. The Labute approximate surface area is 133 Å². The van der Waals surface area contributed by atoms with Crippen LogP contribution in [0, 0.1) is 0 Å². The zero-order valence-corrected chi connectivity index (χ0v) is 13.7. The SMILES string of the molecule is COc1cccc(CN2CCN(C3CCNC3)CC2)c1OC. The molecule has 0 aliphatic carbocycles. The van der Waals surface area contributed by atoms with Crippen molar-refractivity contribution in [3.8, 4) is 11.5 Å². The van der Waals surface area contributed by atoms with Crippen LogP contribution in [-0.2, 0) is 6.54 Å². The van der Waals surface area contributed by atoms with E-state index in [0.717, 1.165) is 43.7 Å². The van der Waals surface area contributed by atoms with E-state index in [1.165, 1.54) is 31.6 Å². The van der Waals surface area contributed by atoms with Gasteiger partial charge in [0.15, 0.2) is 11.5 Å². The molecule has 1 unspecified atom stereocenters. The molecule has 5 nitrogen and oxygen atoms in total. The molecular formula is C17H27N3O2. The normalized spacial score (nSPS) is 23.6. The number of methoxy groups -OCH3 is 2. The average molecular weight is 305 g/mol. The molecule has 2 aliphatic rings. The van der Waals surface area contributed by atoms with E-state index >= 15 is 0 Å². The standard InChI is InChI=1S/C17H27N3O2/c1-21-16-5-3-4-14(17(16)22-2)13-19-8-10-20(11-9-19)15-6-7-18-12-15/h3-5,15,18H,6-13H2,1-2H3. The maximum Gasteiger partial charge on any atom is 0.165 e. The van der Waals surface area contributed by atoms with E-state index in [2.05, 4.69) is 21.2 Å². The van der Waals surface area contributed by atoms with Crippen LogP contribution in [0.15, 0.2) is 18.2 Å². The van der Waals surface area contributed by atoms with Crippen molar-refractivity contribution >= 4 is 0 Å². The lowest BCUT2D eigenvalue weighted by atomic mass is 10.1. The molecule has 1 atom stereocenters. The first kappa shape index (κ1) is 15.6. The van der Waals surface area contributed by atoms with Crippen LogP contribution in [0.3, 0.4) is 0 Å². The van der Waals surface area contributed by atoms with Gasteiger partial charge < -0.3 is 14.8 Å². The summed E-state index contributed by atoms with van der Waals surface area (Å²) in [5.74, 6) is 1.68. The smallest absolute Gasteiger partial charge is 0.165 e. The third-order valence-electron chi connectivity index (χ3n) is 4.84. The number of hydrogen-bond acceptors (Lipinski definition) is 5. The summed E-state index contributed by atoms with van der Waals surface area (Å²) in [5, 5.41) is 3.46. The van der Waals surface area contributed by atoms with Crippen LogP contribution in [0.4, 0.5) is 0 Å². The van der Waals surface area contributed by atoms with E-state index in [9.17, 15) is 0 Å². The van der Waals surface area contributed by atoms with Gasteiger partial charge in [-0.1, -0.05) is 12.1 Å². The van der Waals surface area contributed by atoms with E-state index in [1.54, 1.807) is 14.2 Å². The molecule has 2 aliphatic heterocycles. The highest BCUT2D eigenvalue weighted by Crippen LogP contribution is 2.31. The number of benzene rings is 1. The quantitative estimate of drug-likeness (QED) is 0.884. The summed E-state index contributed by atoms with van der Waals surface area (Å²) in [6.45, 7) is 7.83. The molecule has 0 saturated carbocycles. The molecule has 0 bridgehead atoms. The monoisotopic (exact) mass is 305 g/mol. The van der Waals surface area contributed by atoms with Crippen LogP contribution in [0.5, 0.6) is 11.5 Å².